The van der Waals surface area contributed by atoms with Gasteiger partial charge < -0.3 is 15.6 Å². The number of carbonyl (C=O) groups excluding carboxylic acids is 1. The summed E-state index contributed by atoms with van der Waals surface area (Å²) in [4.78, 5) is 11.2. The molecule has 0 bridgehead atoms. The lowest BCUT2D eigenvalue weighted by Crippen LogP contribution is -2.27. The number of carbonyl (C=O) groups is 1. The summed E-state index contributed by atoms with van der Waals surface area (Å²) < 4.78 is 2.03. The lowest BCUT2D eigenvalue weighted by atomic mass is 10.3. The molecule has 4 heteroatoms. The Morgan fingerprint density at radius 3 is 2.71 bits per heavy atom. The first-order valence-electron chi connectivity index (χ1n) is 4.90. The zero-order valence-corrected chi connectivity index (χ0v) is 8.28. The van der Waals surface area contributed by atoms with E-state index in [4.69, 9.17) is 5.73 Å². The van der Waals surface area contributed by atoms with Crippen LogP contribution in [0.2, 0.25) is 0 Å². The highest BCUT2D eigenvalue weighted by Crippen LogP contribution is 1.89. The number of nitrogens with zero attached hydrogens (tertiary/aromatic N) is 1. The van der Waals surface area contributed by atoms with Crippen LogP contribution in [0.25, 0.3) is 0 Å². The van der Waals surface area contributed by atoms with Gasteiger partial charge in [0.05, 0.1) is 0 Å². The molecule has 0 saturated carbocycles. The van der Waals surface area contributed by atoms with E-state index in [0.29, 0.717) is 19.5 Å². The van der Waals surface area contributed by atoms with E-state index in [1.807, 2.05) is 29.1 Å². The maximum Gasteiger partial charge on any atom is 0.220 e. The molecule has 14 heavy (non-hydrogen) atoms. The Labute approximate surface area is 84.1 Å². The summed E-state index contributed by atoms with van der Waals surface area (Å²) in [6.07, 6.45) is 5.25. The van der Waals surface area contributed by atoms with Gasteiger partial charge in [-0.1, -0.05) is 0 Å². The maximum absolute atomic E-state index is 11.2. The summed E-state index contributed by atoms with van der Waals surface area (Å²) in [7, 11) is 0. The minimum Gasteiger partial charge on any atom is -0.354 e. The Kier molecular flexibility index (Phi) is 4.78. The van der Waals surface area contributed by atoms with Gasteiger partial charge in [0.25, 0.3) is 0 Å². The molecule has 0 atom stereocenters. The SMILES string of the molecule is NCCCC(=O)NCCn1cccc1. The van der Waals surface area contributed by atoms with Crippen LogP contribution < -0.4 is 11.1 Å². The third kappa shape index (κ3) is 4.09. The summed E-state index contributed by atoms with van der Waals surface area (Å²) in [5.74, 6) is 0.0857. The van der Waals surface area contributed by atoms with Gasteiger partial charge >= 0.3 is 0 Å². The highest BCUT2D eigenvalue weighted by atomic mass is 16.1. The van der Waals surface area contributed by atoms with Crippen molar-refractivity contribution in [2.45, 2.75) is 19.4 Å². The molecule has 1 rings (SSSR count). The molecular formula is C10H17N3O. The van der Waals surface area contributed by atoms with Crippen molar-refractivity contribution in [2.24, 2.45) is 5.73 Å². The van der Waals surface area contributed by atoms with Crippen molar-refractivity contribution in [3.8, 4) is 0 Å². The first-order chi connectivity index (χ1) is 6.83. The Morgan fingerprint density at radius 1 is 1.36 bits per heavy atom. The lowest BCUT2D eigenvalue weighted by Gasteiger charge is -2.05. The van der Waals surface area contributed by atoms with Crippen LogP contribution in [0.1, 0.15) is 12.8 Å². The van der Waals surface area contributed by atoms with E-state index in [-0.39, 0.29) is 5.91 Å². The predicted molar refractivity (Wildman–Crippen MR) is 55.7 cm³/mol. The molecule has 3 N–H and O–H groups in total. The van der Waals surface area contributed by atoms with Crippen molar-refractivity contribution in [2.75, 3.05) is 13.1 Å². The Balaban J connectivity index is 2.06. The van der Waals surface area contributed by atoms with Crippen LogP contribution in [0.3, 0.4) is 0 Å². The second-order valence-electron chi connectivity index (χ2n) is 3.16. The third-order valence-corrected chi connectivity index (χ3v) is 1.97. The van der Waals surface area contributed by atoms with E-state index in [0.717, 1.165) is 13.0 Å². The standard InChI is InChI=1S/C10H17N3O/c11-5-3-4-10(14)12-6-9-13-7-1-2-8-13/h1-2,7-8H,3-6,9,11H2,(H,12,14). The van der Waals surface area contributed by atoms with Gasteiger partial charge in [0.15, 0.2) is 0 Å². The average molecular weight is 195 g/mol. The fourth-order valence-corrected chi connectivity index (χ4v) is 1.19. The van der Waals surface area contributed by atoms with Crippen LogP contribution in [0.4, 0.5) is 0 Å². The van der Waals surface area contributed by atoms with Crippen molar-refractivity contribution in [3.05, 3.63) is 24.5 Å². The zero-order valence-electron chi connectivity index (χ0n) is 8.28. The van der Waals surface area contributed by atoms with Gasteiger partial charge in [0.1, 0.15) is 0 Å². The molecule has 0 aromatic carbocycles. The quantitative estimate of drug-likeness (QED) is 0.687. The van der Waals surface area contributed by atoms with Gasteiger partial charge in [0.2, 0.25) is 5.91 Å². The summed E-state index contributed by atoms with van der Waals surface area (Å²) >= 11 is 0. The van der Waals surface area contributed by atoms with Crippen LogP contribution in [0, 0.1) is 0 Å². The number of aromatic nitrogens is 1. The summed E-state index contributed by atoms with van der Waals surface area (Å²) in [6.45, 7) is 2.07. The molecule has 1 heterocycles. The van der Waals surface area contributed by atoms with Crippen molar-refractivity contribution in [1.82, 2.24) is 9.88 Å². The van der Waals surface area contributed by atoms with Gasteiger partial charge in [-0.3, -0.25) is 4.79 Å². The Bertz CT molecular complexity index is 256. The summed E-state index contributed by atoms with van der Waals surface area (Å²) in [5, 5.41) is 2.84. The van der Waals surface area contributed by atoms with E-state index in [1.165, 1.54) is 0 Å². The molecule has 1 aromatic rings. The van der Waals surface area contributed by atoms with Crippen LogP contribution in [-0.2, 0) is 11.3 Å². The fraction of sp³-hybridized carbons (Fsp3) is 0.500. The molecule has 0 saturated heterocycles. The number of hydrogen-bond donors (Lipinski definition) is 2. The van der Waals surface area contributed by atoms with E-state index >= 15 is 0 Å². The van der Waals surface area contributed by atoms with Crippen molar-refractivity contribution < 1.29 is 4.79 Å². The molecule has 0 fully saturated rings. The van der Waals surface area contributed by atoms with Crippen molar-refractivity contribution in [1.29, 1.82) is 0 Å². The number of rotatable bonds is 6. The predicted octanol–water partition coefficient (Wildman–Crippen LogP) is 0.343. The molecule has 0 aliphatic heterocycles. The third-order valence-electron chi connectivity index (χ3n) is 1.97. The van der Waals surface area contributed by atoms with Gasteiger partial charge in [-0.25, -0.2) is 0 Å². The van der Waals surface area contributed by atoms with Crippen LogP contribution in [0.5, 0.6) is 0 Å². The van der Waals surface area contributed by atoms with Gasteiger partial charge in [0, 0.05) is 31.9 Å². The fourth-order valence-electron chi connectivity index (χ4n) is 1.19. The first kappa shape index (κ1) is 10.8. The molecule has 0 aliphatic carbocycles. The molecule has 4 nitrogen and oxygen atoms in total. The molecule has 0 radical (unpaired) electrons. The second-order valence-corrected chi connectivity index (χ2v) is 3.16. The van der Waals surface area contributed by atoms with Gasteiger partial charge in [-0.2, -0.15) is 0 Å². The minimum absolute atomic E-state index is 0.0857. The highest BCUT2D eigenvalue weighted by Gasteiger charge is 1.98. The van der Waals surface area contributed by atoms with Crippen LogP contribution in [0.15, 0.2) is 24.5 Å². The zero-order chi connectivity index (χ0) is 10.2. The van der Waals surface area contributed by atoms with E-state index in [2.05, 4.69) is 5.32 Å². The Hall–Kier alpha value is -1.29. The maximum atomic E-state index is 11.2. The molecule has 1 amide bonds. The van der Waals surface area contributed by atoms with Gasteiger partial charge in [-0.15, -0.1) is 0 Å². The van der Waals surface area contributed by atoms with Gasteiger partial charge in [-0.05, 0) is 25.1 Å². The molecular weight excluding hydrogens is 178 g/mol. The normalized spacial score (nSPS) is 10.1. The average Bonchev–Trinajstić information content (AvgIpc) is 2.67. The summed E-state index contributed by atoms with van der Waals surface area (Å²) in [6, 6.07) is 3.94. The number of hydrogen-bond acceptors (Lipinski definition) is 2. The largest absolute Gasteiger partial charge is 0.354 e. The van der Waals surface area contributed by atoms with E-state index < -0.39 is 0 Å². The van der Waals surface area contributed by atoms with E-state index in [1.54, 1.807) is 0 Å². The minimum atomic E-state index is 0.0857. The molecule has 0 aliphatic rings. The topological polar surface area (TPSA) is 60.1 Å². The molecule has 0 unspecified atom stereocenters. The number of nitrogens with two attached hydrogens (primary N) is 1. The molecule has 78 valence electrons. The van der Waals surface area contributed by atoms with Crippen molar-refractivity contribution >= 4 is 5.91 Å². The number of amides is 1. The monoisotopic (exact) mass is 195 g/mol. The number of nitrogens with one attached hydrogen (secondary N) is 1. The first-order valence-corrected chi connectivity index (χ1v) is 4.90. The van der Waals surface area contributed by atoms with Crippen LogP contribution >= 0.6 is 0 Å². The highest BCUT2D eigenvalue weighted by molar-refractivity contribution is 5.75. The van der Waals surface area contributed by atoms with E-state index in [9.17, 15) is 4.79 Å². The smallest absolute Gasteiger partial charge is 0.220 e. The van der Waals surface area contributed by atoms with Crippen LogP contribution in [-0.4, -0.2) is 23.6 Å². The lowest BCUT2D eigenvalue weighted by molar-refractivity contribution is -0.121. The van der Waals surface area contributed by atoms with Crippen molar-refractivity contribution in [3.63, 3.8) is 0 Å². The Morgan fingerprint density at radius 2 is 2.07 bits per heavy atom. The molecule has 1 aromatic heterocycles. The molecule has 0 spiro atoms. The summed E-state index contributed by atoms with van der Waals surface area (Å²) in [5.41, 5.74) is 5.30. The second kappa shape index (κ2) is 6.21.